The predicted octanol–water partition coefficient (Wildman–Crippen LogP) is 3.63. The van der Waals surface area contributed by atoms with Crippen LogP contribution in [-0.4, -0.2) is 32.8 Å². The lowest BCUT2D eigenvalue weighted by Gasteiger charge is -2.06. The average Bonchev–Trinajstić information content (AvgIpc) is 2.98. The second-order valence-corrected chi connectivity index (χ2v) is 6.79. The fourth-order valence-corrected chi connectivity index (χ4v) is 3.04. The van der Waals surface area contributed by atoms with Gasteiger partial charge in [0.05, 0.1) is 26.5 Å². The van der Waals surface area contributed by atoms with Crippen molar-refractivity contribution >= 4 is 11.2 Å². The van der Waals surface area contributed by atoms with Gasteiger partial charge in [0.15, 0.2) is 5.65 Å². The summed E-state index contributed by atoms with van der Waals surface area (Å²) in [5.41, 5.74) is 2.29. The molecular formula is C21H28N4O3. The first-order chi connectivity index (χ1) is 13.7. The zero-order valence-corrected chi connectivity index (χ0v) is 16.9. The monoisotopic (exact) mass is 384 g/mol. The van der Waals surface area contributed by atoms with Gasteiger partial charge in [-0.2, -0.15) is 4.98 Å². The molecule has 0 amide bonds. The molecule has 0 bridgehead atoms. The highest BCUT2D eigenvalue weighted by Crippen LogP contribution is 2.17. The minimum absolute atomic E-state index is 0.0701. The molecule has 0 spiro atoms. The summed E-state index contributed by atoms with van der Waals surface area (Å²) in [6.07, 6.45) is 5.62. The van der Waals surface area contributed by atoms with E-state index in [2.05, 4.69) is 23.8 Å². The van der Waals surface area contributed by atoms with Crippen LogP contribution in [0.3, 0.4) is 0 Å². The molecule has 2 aromatic heterocycles. The topological polar surface area (TPSA) is 71.2 Å². The Bertz CT molecular complexity index is 960. The molecule has 0 N–H and O–H groups in total. The summed E-state index contributed by atoms with van der Waals surface area (Å²) in [6, 6.07) is 8.02. The Morgan fingerprint density at radius 1 is 1.04 bits per heavy atom. The van der Waals surface area contributed by atoms with Gasteiger partial charge >= 0.3 is 11.7 Å². The third-order valence-electron chi connectivity index (χ3n) is 4.70. The second-order valence-electron chi connectivity index (χ2n) is 6.79. The van der Waals surface area contributed by atoms with Gasteiger partial charge in [-0.3, -0.25) is 9.13 Å². The number of fused-ring (bicyclic) bond motifs is 1. The van der Waals surface area contributed by atoms with Gasteiger partial charge in [-0.15, -0.1) is 0 Å². The average molecular weight is 384 g/mol. The third-order valence-corrected chi connectivity index (χ3v) is 4.70. The summed E-state index contributed by atoms with van der Waals surface area (Å²) in [4.78, 5) is 21.9. The van der Waals surface area contributed by atoms with Crippen LogP contribution in [0, 0.1) is 0 Å². The van der Waals surface area contributed by atoms with Crippen molar-refractivity contribution in [1.29, 1.82) is 0 Å². The zero-order valence-electron chi connectivity index (χ0n) is 16.9. The number of imidazole rings is 1. The van der Waals surface area contributed by atoms with Crippen molar-refractivity contribution in [3.8, 4) is 11.8 Å². The Hall–Kier alpha value is -2.83. The van der Waals surface area contributed by atoms with Crippen LogP contribution in [0.15, 0.2) is 35.3 Å². The maximum atomic E-state index is 13.1. The number of nitrogens with zero attached hydrogens (tertiary/aromatic N) is 4. The fraction of sp³-hybridized carbons (Fsp3) is 0.476. The normalized spacial score (nSPS) is 11.1. The van der Waals surface area contributed by atoms with Crippen LogP contribution in [0.25, 0.3) is 11.2 Å². The molecule has 1 aromatic carbocycles. The first-order valence-electron chi connectivity index (χ1n) is 9.89. The Kier molecular flexibility index (Phi) is 6.68. The van der Waals surface area contributed by atoms with Gasteiger partial charge in [-0.1, -0.05) is 38.8 Å². The smallest absolute Gasteiger partial charge is 0.330 e. The number of hydrogen-bond donors (Lipinski definition) is 0. The Morgan fingerprint density at radius 2 is 1.79 bits per heavy atom. The number of unbranched alkanes of at least 4 members (excludes halogenated alkanes) is 2. The van der Waals surface area contributed by atoms with E-state index in [4.69, 9.17) is 9.47 Å². The lowest BCUT2D eigenvalue weighted by molar-refractivity contribution is 0.286. The molecule has 0 atom stereocenters. The van der Waals surface area contributed by atoms with Crippen LogP contribution < -0.4 is 15.2 Å². The van der Waals surface area contributed by atoms with Crippen LogP contribution >= 0.6 is 0 Å². The fourth-order valence-electron chi connectivity index (χ4n) is 3.04. The van der Waals surface area contributed by atoms with Crippen molar-refractivity contribution in [3.05, 3.63) is 46.5 Å². The Morgan fingerprint density at radius 3 is 2.46 bits per heavy atom. The third kappa shape index (κ3) is 4.35. The molecule has 28 heavy (non-hydrogen) atoms. The van der Waals surface area contributed by atoms with Gasteiger partial charge in [0.25, 0.3) is 0 Å². The van der Waals surface area contributed by atoms with Crippen molar-refractivity contribution in [2.75, 3.05) is 13.7 Å². The highest BCUT2D eigenvalue weighted by Gasteiger charge is 2.16. The maximum Gasteiger partial charge on any atom is 0.330 e. The predicted molar refractivity (Wildman–Crippen MR) is 109 cm³/mol. The summed E-state index contributed by atoms with van der Waals surface area (Å²) in [5, 5.41) is 0. The van der Waals surface area contributed by atoms with Gasteiger partial charge in [0.2, 0.25) is 0 Å². The molecule has 0 aliphatic carbocycles. The Balaban J connectivity index is 2.00. The Labute approximate surface area is 164 Å². The van der Waals surface area contributed by atoms with E-state index in [9.17, 15) is 4.79 Å². The van der Waals surface area contributed by atoms with E-state index >= 15 is 0 Å². The number of methoxy groups -OCH3 is 1. The summed E-state index contributed by atoms with van der Waals surface area (Å²) in [5.74, 6) is 0.787. The molecule has 0 unspecified atom stereocenters. The van der Waals surface area contributed by atoms with Crippen LogP contribution in [-0.2, 0) is 13.1 Å². The molecule has 0 aliphatic rings. The summed E-state index contributed by atoms with van der Waals surface area (Å²) in [7, 11) is 1.64. The van der Waals surface area contributed by atoms with E-state index < -0.39 is 0 Å². The van der Waals surface area contributed by atoms with E-state index in [1.54, 1.807) is 22.4 Å². The molecule has 7 nitrogen and oxygen atoms in total. The minimum Gasteiger partial charge on any atom is -0.497 e. The van der Waals surface area contributed by atoms with E-state index in [1.807, 2.05) is 24.3 Å². The van der Waals surface area contributed by atoms with Gasteiger partial charge in [0.1, 0.15) is 11.3 Å². The van der Waals surface area contributed by atoms with E-state index in [0.29, 0.717) is 31.4 Å². The number of aromatic nitrogens is 4. The van der Waals surface area contributed by atoms with Crippen molar-refractivity contribution in [2.24, 2.45) is 0 Å². The maximum absolute atomic E-state index is 13.1. The molecular weight excluding hydrogens is 356 g/mol. The number of hydrogen-bond acceptors (Lipinski definition) is 5. The highest BCUT2D eigenvalue weighted by atomic mass is 16.5. The SMILES string of the molecule is CCCCOc1ncc2c(n1)n(Cc1ccc(OC)cc1)c(=O)n2CCCC. The van der Waals surface area contributed by atoms with Crippen LogP contribution in [0.2, 0.25) is 0 Å². The van der Waals surface area contributed by atoms with Crippen LogP contribution in [0.5, 0.6) is 11.8 Å². The molecule has 3 aromatic rings. The van der Waals surface area contributed by atoms with Crippen molar-refractivity contribution in [1.82, 2.24) is 19.1 Å². The van der Waals surface area contributed by atoms with Crippen molar-refractivity contribution in [3.63, 3.8) is 0 Å². The summed E-state index contributed by atoms with van der Waals surface area (Å²) < 4.78 is 14.3. The molecule has 150 valence electrons. The van der Waals surface area contributed by atoms with Gasteiger partial charge in [-0.25, -0.2) is 9.78 Å². The molecule has 0 saturated carbocycles. The largest absolute Gasteiger partial charge is 0.497 e. The number of ether oxygens (including phenoxy) is 2. The number of aryl methyl sites for hydroxylation is 1. The standard InChI is InChI=1S/C21H28N4O3/c1-4-6-12-24-18-14-22-20(28-13-7-5-2)23-19(18)25(21(24)26)15-16-8-10-17(27-3)11-9-16/h8-11,14H,4-7,12-13,15H2,1-3H3. The van der Waals surface area contributed by atoms with Crippen molar-refractivity contribution in [2.45, 2.75) is 52.6 Å². The first-order valence-corrected chi connectivity index (χ1v) is 9.89. The van der Waals surface area contributed by atoms with Crippen LogP contribution in [0.1, 0.15) is 45.1 Å². The van der Waals surface area contributed by atoms with Gasteiger partial charge in [0, 0.05) is 6.54 Å². The molecule has 0 saturated heterocycles. The molecule has 3 rings (SSSR count). The van der Waals surface area contributed by atoms with E-state index in [0.717, 1.165) is 42.5 Å². The first kappa shape index (κ1) is 19.9. The summed E-state index contributed by atoms with van der Waals surface area (Å²) >= 11 is 0. The highest BCUT2D eigenvalue weighted by molar-refractivity contribution is 5.71. The second kappa shape index (κ2) is 9.39. The minimum atomic E-state index is -0.0701. The molecule has 0 radical (unpaired) electrons. The zero-order chi connectivity index (χ0) is 19.9. The summed E-state index contributed by atoms with van der Waals surface area (Å²) in [6.45, 7) is 5.87. The van der Waals surface area contributed by atoms with Crippen LogP contribution in [0.4, 0.5) is 0 Å². The number of benzene rings is 1. The van der Waals surface area contributed by atoms with Crippen molar-refractivity contribution < 1.29 is 9.47 Å². The lowest BCUT2D eigenvalue weighted by atomic mass is 10.2. The van der Waals surface area contributed by atoms with E-state index in [-0.39, 0.29) is 5.69 Å². The molecule has 7 heteroatoms. The van der Waals surface area contributed by atoms with E-state index in [1.165, 1.54) is 0 Å². The molecule has 2 heterocycles. The van der Waals surface area contributed by atoms with Gasteiger partial charge in [-0.05, 0) is 30.5 Å². The molecule has 0 aliphatic heterocycles. The number of rotatable bonds is 10. The molecule has 0 fully saturated rings. The quantitative estimate of drug-likeness (QED) is 0.499. The lowest BCUT2D eigenvalue weighted by Crippen LogP contribution is -2.25. The van der Waals surface area contributed by atoms with Gasteiger partial charge < -0.3 is 9.47 Å².